The third kappa shape index (κ3) is 4.67. The van der Waals surface area contributed by atoms with Gasteiger partial charge in [0.05, 0.1) is 0 Å². The Morgan fingerprint density at radius 2 is 1.93 bits per heavy atom. The van der Waals surface area contributed by atoms with Crippen molar-refractivity contribution in [2.75, 3.05) is 17.9 Å². The van der Waals surface area contributed by atoms with Gasteiger partial charge in [-0.3, -0.25) is 0 Å². The summed E-state index contributed by atoms with van der Waals surface area (Å²) in [5, 5.41) is 0.788. The minimum Gasteiger partial charge on any atom is -0.165 e. The topological polar surface area (TPSA) is 0 Å². The normalized spacial score (nSPS) is 12.7. The largest absolute Gasteiger partial charge is 0.165 e. The van der Waals surface area contributed by atoms with E-state index in [4.69, 9.17) is 23.2 Å². The smallest absolute Gasteiger partial charge is 0.0406 e. The molecule has 1 rings (SSSR count). The zero-order valence-corrected chi connectivity index (χ0v) is 11.2. The molecule has 0 nitrogen and oxygen atoms in total. The zero-order chi connectivity index (χ0) is 11.1. The van der Waals surface area contributed by atoms with Crippen molar-refractivity contribution in [2.45, 2.75) is 18.8 Å². The van der Waals surface area contributed by atoms with Crippen LogP contribution in [-0.2, 0) is 0 Å². The maximum absolute atomic E-state index is 5.98. The standard InChI is InChI=1S/C12H16Cl2S/c1-15-8-2-3-11(9-13)10-4-6-12(14)7-5-10/h4-7,11H,2-3,8-9H2,1H3. The van der Waals surface area contributed by atoms with Crippen LogP contribution in [-0.4, -0.2) is 17.9 Å². The molecule has 0 radical (unpaired) electrons. The summed E-state index contributed by atoms with van der Waals surface area (Å²) in [6.07, 6.45) is 4.52. The van der Waals surface area contributed by atoms with Crippen LogP contribution in [0, 0.1) is 0 Å². The lowest BCUT2D eigenvalue weighted by atomic mass is 9.96. The third-order valence-electron chi connectivity index (χ3n) is 2.43. The lowest BCUT2D eigenvalue weighted by Crippen LogP contribution is -2.01. The number of benzene rings is 1. The van der Waals surface area contributed by atoms with Crippen molar-refractivity contribution >= 4 is 35.0 Å². The van der Waals surface area contributed by atoms with Gasteiger partial charge in [0.25, 0.3) is 0 Å². The highest BCUT2D eigenvalue weighted by molar-refractivity contribution is 7.98. The highest BCUT2D eigenvalue weighted by Crippen LogP contribution is 2.24. The molecule has 1 aromatic rings. The summed E-state index contributed by atoms with van der Waals surface area (Å²) >= 11 is 13.7. The van der Waals surface area contributed by atoms with E-state index < -0.39 is 0 Å². The molecule has 15 heavy (non-hydrogen) atoms. The van der Waals surface area contributed by atoms with Crippen LogP contribution >= 0.6 is 35.0 Å². The molecule has 0 heterocycles. The van der Waals surface area contributed by atoms with Crippen LogP contribution in [0.1, 0.15) is 24.3 Å². The first-order valence-electron chi connectivity index (χ1n) is 5.08. The van der Waals surface area contributed by atoms with Crippen LogP contribution < -0.4 is 0 Å². The molecular formula is C12H16Cl2S. The highest BCUT2D eigenvalue weighted by atomic mass is 35.5. The molecule has 3 heteroatoms. The molecule has 1 unspecified atom stereocenters. The van der Waals surface area contributed by atoms with Gasteiger partial charge in [-0.1, -0.05) is 23.7 Å². The zero-order valence-electron chi connectivity index (χ0n) is 8.88. The Balaban J connectivity index is 2.53. The van der Waals surface area contributed by atoms with E-state index in [1.807, 2.05) is 23.9 Å². The first kappa shape index (κ1) is 13.2. The first-order valence-corrected chi connectivity index (χ1v) is 7.39. The van der Waals surface area contributed by atoms with Crippen LogP contribution in [0.15, 0.2) is 24.3 Å². The predicted molar refractivity (Wildman–Crippen MR) is 72.5 cm³/mol. The molecule has 0 saturated heterocycles. The molecule has 0 aromatic heterocycles. The van der Waals surface area contributed by atoms with Crippen molar-refractivity contribution in [3.8, 4) is 0 Å². The van der Waals surface area contributed by atoms with Crippen LogP contribution in [0.3, 0.4) is 0 Å². The number of halogens is 2. The van der Waals surface area contributed by atoms with E-state index in [0.717, 1.165) is 11.4 Å². The predicted octanol–water partition coefficient (Wildman–Crippen LogP) is 4.81. The summed E-state index contributed by atoms with van der Waals surface area (Å²) in [4.78, 5) is 0. The Morgan fingerprint density at radius 1 is 1.27 bits per heavy atom. The van der Waals surface area contributed by atoms with Crippen molar-refractivity contribution in [3.05, 3.63) is 34.9 Å². The summed E-state index contributed by atoms with van der Waals surface area (Å²) in [6, 6.07) is 8.03. The summed E-state index contributed by atoms with van der Waals surface area (Å²) in [5.74, 6) is 2.37. The van der Waals surface area contributed by atoms with Gasteiger partial charge >= 0.3 is 0 Å². The summed E-state index contributed by atoms with van der Waals surface area (Å²) in [6.45, 7) is 0. The summed E-state index contributed by atoms with van der Waals surface area (Å²) < 4.78 is 0. The quantitative estimate of drug-likeness (QED) is 0.524. The van der Waals surface area contributed by atoms with E-state index >= 15 is 0 Å². The number of alkyl halides is 1. The molecule has 0 bridgehead atoms. The molecule has 0 aliphatic rings. The number of hydrogen-bond donors (Lipinski definition) is 0. The van der Waals surface area contributed by atoms with Gasteiger partial charge in [0, 0.05) is 10.9 Å². The van der Waals surface area contributed by atoms with Gasteiger partial charge in [0.1, 0.15) is 0 Å². The van der Waals surface area contributed by atoms with Crippen LogP contribution in [0.2, 0.25) is 5.02 Å². The van der Waals surface area contributed by atoms with E-state index in [0.29, 0.717) is 11.8 Å². The molecule has 0 fully saturated rings. The number of thioether (sulfide) groups is 1. The minimum absolute atomic E-state index is 0.469. The van der Waals surface area contributed by atoms with Crippen LogP contribution in [0.25, 0.3) is 0 Å². The first-order chi connectivity index (χ1) is 7.27. The fraction of sp³-hybridized carbons (Fsp3) is 0.500. The van der Waals surface area contributed by atoms with E-state index in [1.165, 1.54) is 17.7 Å². The fourth-order valence-corrected chi connectivity index (χ4v) is 2.46. The van der Waals surface area contributed by atoms with Crippen LogP contribution in [0.5, 0.6) is 0 Å². The molecule has 0 aliphatic heterocycles. The van der Waals surface area contributed by atoms with Gasteiger partial charge in [-0.15, -0.1) is 11.6 Å². The molecular weight excluding hydrogens is 247 g/mol. The maximum Gasteiger partial charge on any atom is 0.0406 e. The lowest BCUT2D eigenvalue weighted by Gasteiger charge is -2.13. The van der Waals surface area contributed by atoms with Crippen molar-refractivity contribution in [3.63, 3.8) is 0 Å². The van der Waals surface area contributed by atoms with Gasteiger partial charge in [-0.2, -0.15) is 11.8 Å². The Bertz CT molecular complexity index is 271. The van der Waals surface area contributed by atoms with Crippen molar-refractivity contribution in [1.82, 2.24) is 0 Å². The van der Waals surface area contributed by atoms with E-state index in [-0.39, 0.29) is 0 Å². The Kier molecular flexibility index (Phi) is 6.54. The molecule has 1 atom stereocenters. The Labute approximate surface area is 106 Å². The monoisotopic (exact) mass is 262 g/mol. The third-order valence-corrected chi connectivity index (χ3v) is 3.75. The van der Waals surface area contributed by atoms with Gasteiger partial charge in [0.15, 0.2) is 0 Å². The Hall–Kier alpha value is 0.150. The van der Waals surface area contributed by atoms with Gasteiger partial charge in [0.2, 0.25) is 0 Å². The Morgan fingerprint density at radius 3 is 2.47 bits per heavy atom. The van der Waals surface area contributed by atoms with E-state index in [1.54, 1.807) is 0 Å². The SMILES string of the molecule is CSCCCC(CCl)c1ccc(Cl)cc1. The molecule has 0 aliphatic carbocycles. The summed E-state index contributed by atoms with van der Waals surface area (Å²) in [5.41, 5.74) is 1.30. The lowest BCUT2D eigenvalue weighted by molar-refractivity contribution is 0.675. The fourth-order valence-electron chi connectivity index (χ4n) is 1.54. The maximum atomic E-state index is 5.98. The highest BCUT2D eigenvalue weighted by Gasteiger charge is 2.09. The van der Waals surface area contributed by atoms with Crippen molar-refractivity contribution in [2.24, 2.45) is 0 Å². The van der Waals surface area contributed by atoms with E-state index in [9.17, 15) is 0 Å². The number of hydrogen-bond acceptors (Lipinski definition) is 1. The molecule has 0 N–H and O–H groups in total. The van der Waals surface area contributed by atoms with Gasteiger partial charge in [-0.05, 0) is 48.5 Å². The summed E-state index contributed by atoms with van der Waals surface area (Å²) in [7, 11) is 0. The molecule has 0 amide bonds. The molecule has 0 spiro atoms. The van der Waals surface area contributed by atoms with E-state index in [2.05, 4.69) is 18.4 Å². The van der Waals surface area contributed by atoms with Crippen LogP contribution in [0.4, 0.5) is 0 Å². The second-order valence-corrected chi connectivity index (χ2v) is 5.27. The molecule has 1 aromatic carbocycles. The van der Waals surface area contributed by atoms with Gasteiger partial charge in [-0.25, -0.2) is 0 Å². The average molecular weight is 263 g/mol. The van der Waals surface area contributed by atoms with Crippen molar-refractivity contribution < 1.29 is 0 Å². The van der Waals surface area contributed by atoms with Gasteiger partial charge < -0.3 is 0 Å². The second-order valence-electron chi connectivity index (χ2n) is 3.54. The second kappa shape index (κ2) is 7.43. The minimum atomic E-state index is 0.469. The molecule has 84 valence electrons. The molecule has 0 saturated carbocycles. The van der Waals surface area contributed by atoms with Crippen molar-refractivity contribution in [1.29, 1.82) is 0 Å². The number of rotatable bonds is 6. The average Bonchev–Trinajstić information content (AvgIpc) is 2.26.